The summed E-state index contributed by atoms with van der Waals surface area (Å²) in [5, 5.41) is 2.82. The van der Waals surface area contributed by atoms with Crippen molar-refractivity contribution in [2.24, 2.45) is 5.92 Å². The van der Waals surface area contributed by atoms with Gasteiger partial charge in [0, 0.05) is 13.2 Å². The molecular formula is C13H18N2O3. The molecule has 18 heavy (non-hydrogen) atoms. The fourth-order valence-corrected chi connectivity index (χ4v) is 1.91. The Morgan fingerprint density at radius 2 is 2.17 bits per heavy atom. The molecule has 0 spiro atoms. The van der Waals surface area contributed by atoms with Crippen LogP contribution in [0, 0.1) is 5.92 Å². The Balaban J connectivity index is 2.05. The molecule has 1 atom stereocenters. The highest BCUT2D eigenvalue weighted by molar-refractivity contribution is 5.97. The van der Waals surface area contributed by atoms with Gasteiger partial charge in [-0.05, 0) is 31.7 Å². The molecule has 1 aromatic heterocycles. The molecule has 1 heterocycles. The molecule has 1 aliphatic rings. The summed E-state index contributed by atoms with van der Waals surface area (Å²) in [6, 6.07) is 3.46. The lowest BCUT2D eigenvalue weighted by Gasteiger charge is -2.26. The fourth-order valence-electron chi connectivity index (χ4n) is 1.91. The average molecular weight is 250 g/mol. The lowest BCUT2D eigenvalue weighted by Crippen LogP contribution is -2.44. The SMILES string of the molecule is COc1ccc(NC(=O)C(C)(OC)C2CC2)cn1. The van der Waals surface area contributed by atoms with Gasteiger partial charge < -0.3 is 14.8 Å². The number of nitrogens with zero attached hydrogens (tertiary/aromatic N) is 1. The second-order valence-electron chi connectivity index (χ2n) is 4.63. The lowest BCUT2D eigenvalue weighted by molar-refractivity contribution is -0.138. The van der Waals surface area contributed by atoms with E-state index >= 15 is 0 Å². The average Bonchev–Trinajstić information content (AvgIpc) is 3.23. The summed E-state index contributed by atoms with van der Waals surface area (Å²) in [4.78, 5) is 16.2. The first-order chi connectivity index (χ1) is 8.60. The number of amides is 1. The van der Waals surface area contributed by atoms with Gasteiger partial charge in [0.15, 0.2) is 0 Å². The molecule has 0 bridgehead atoms. The molecule has 1 amide bonds. The number of carbonyl (C=O) groups is 1. The zero-order valence-corrected chi connectivity index (χ0v) is 10.9. The molecule has 1 aromatic rings. The third-order valence-corrected chi connectivity index (χ3v) is 3.43. The second kappa shape index (κ2) is 4.94. The van der Waals surface area contributed by atoms with Crippen LogP contribution in [0.25, 0.3) is 0 Å². The molecule has 0 saturated heterocycles. The Hall–Kier alpha value is -1.62. The summed E-state index contributed by atoms with van der Waals surface area (Å²) in [5.41, 5.74) is -0.107. The summed E-state index contributed by atoms with van der Waals surface area (Å²) in [6.45, 7) is 1.83. The number of hydrogen-bond donors (Lipinski definition) is 1. The molecule has 1 N–H and O–H groups in total. The largest absolute Gasteiger partial charge is 0.481 e. The molecular weight excluding hydrogens is 232 g/mol. The van der Waals surface area contributed by atoms with E-state index in [1.165, 1.54) is 0 Å². The van der Waals surface area contributed by atoms with Crippen LogP contribution in [0.4, 0.5) is 5.69 Å². The van der Waals surface area contributed by atoms with Gasteiger partial charge in [-0.15, -0.1) is 0 Å². The molecule has 1 unspecified atom stereocenters. The molecule has 0 aliphatic heterocycles. The number of rotatable bonds is 5. The van der Waals surface area contributed by atoms with Crippen LogP contribution in [0.3, 0.4) is 0 Å². The molecule has 2 rings (SSSR count). The van der Waals surface area contributed by atoms with Gasteiger partial charge in [0.25, 0.3) is 5.91 Å². The van der Waals surface area contributed by atoms with Crippen LogP contribution >= 0.6 is 0 Å². The summed E-state index contributed by atoms with van der Waals surface area (Å²) in [7, 11) is 3.12. The summed E-state index contributed by atoms with van der Waals surface area (Å²) in [6.07, 6.45) is 3.65. The van der Waals surface area contributed by atoms with Crippen molar-refractivity contribution in [1.82, 2.24) is 4.98 Å². The molecule has 1 saturated carbocycles. The highest BCUT2D eigenvalue weighted by Gasteiger charge is 2.47. The van der Waals surface area contributed by atoms with Crippen molar-refractivity contribution in [2.45, 2.75) is 25.4 Å². The van der Waals surface area contributed by atoms with Crippen LogP contribution in [0.1, 0.15) is 19.8 Å². The first-order valence-electron chi connectivity index (χ1n) is 5.97. The monoisotopic (exact) mass is 250 g/mol. The normalized spacial score (nSPS) is 17.9. The van der Waals surface area contributed by atoms with E-state index in [0.717, 1.165) is 12.8 Å². The quantitative estimate of drug-likeness (QED) is 0.866. The van der Waals surface area contributed by atoms with Gasteiger partial charge in [-0.2, -0.15) is 0 Å². The van der Waals surface area contributed by atoms with Crippen LogP contribution in [0.2, 0.25) is 0 Å². The lowest BCUT2D eigenvalue weighted by atomic mass is 9.99. The van der Waals surface area contributed by atoms with Crippen LogP contribution in [0.15, 0.2) is 18.3 Å². The Morgan fingerprint density at radius 1 is 1.44 bits per heavy atom. The molecule has 5 heteroatoms. The smallest absolute Gasteiger partial charge is 0.256 e. The van der Waals surface area contributed by atoms with E-state index in [0.29, 0.717) is 17.5 Å². The van der Waals surface area contributed by atoms with E-state index in [1.54, 1.807) is 32.5 Å². The summed E-state index contributed by atoms with van der Waals surface area (Å²) >= 11 is 0. The summed E-state index contributed by atoms with van der Waals surface area (Å²) in [5.74, 6) is 0.706. The second-order valence-corrected chi connectivity index (χ2v) is 4.63. The van der Waals surface area contributed by atoms with E-state index in [1.807, 2.05) is 6.92 Å². The number of anilines is 1. The first-order valence-corrected chi connectivity index (χ1v) is 5.97. The Labute approximate surface area is 107 Å². The van der Waals surface area contributed by atoms with Crippen LogP contribution < -0.4 is 10.1 Å². The third kappa shape index (κ3) is 2.46. The number of hydrogen-bond acceptors (Lipinski definition) is 4. The van der Waals surface area contributed by atoms with Crippen molar-refractivity contribution >= 4 is 11.6 Å². The minimum Gasteiger partial charge on any atom is -0.481 e. The van der Waals surface area contributed by atoms with E-state index in [9.17, 15) is 4.79 Å². The minimum atomic E-state index is -0.750. The van der Waals surface area contributed by atoms with Gasteiger partial charge in [-0.1, -0.05) is 0 Å². The van der Waals surface area contributed by atoms with Crippen molar-refractivity contribution in [3.63, 3.8) is 0 Å². The van der Waals surface area contributed by atoms with E-state index in [2.05, 4.69) is 10.3 Å². The van der Waals surface area contributed by atoms with Crippen LogP contribution in [-0.2, 0) is 9.53 Å². The highest BCUT2D eigenvalue weighted by atomic mass is 16.5. The topological polar surface area (TPSA) is 60.5 Å². The van der Waals surface area contributed by atoms with Crippen LogP contribution in [0.5, 0.6) is 5.88 Å². The summed E-state index contributed by atoms with van der Waals surface area (Å²) < 4.78 is 10.3. The van der Waals surface area contributed by atoms with E-state index in [-0.39, 0.29) is 5.91 Å². The van der Waals surface area contributed by atoms with Crippen molar-refractivity contribution < 1.29 is 14.3 Å². The molecule has 0 aromatic carbocycles. The van der Waals surface area contributed by atoms with Gasteiger partial charge >= 0.3 is 0 Å². The number of pyridine rings is 1. The molecule has 5 nitrogen and oxygen atoms in total. The van der Waals surface area contributed by atoms with Gasteiger partial charge in [0.2, 0.25) is 5.88 Å². The fraction of sp³-hybridized carbons (Fsp3) is 0.538. The number of nitrogens with one attached hydrogen (secondary N) is 1. The minimum absolute atomic E-state index is 0.125. The van der Waals surface area contributed by atoms with Gasteiger partial charge in [0.05, 0.1) is 19.0 Å². The molecule has 1 aliphatic carbocycles. The van der Waals surface area contributed by atoms with Gasteiger partial charge in [-0.3, -0.25) is 4.79 Å². The zero-order chi connectivity index (χ0) is 13.2. The van der Waals surface area contributed by atoms with E-state index in [4.69, 9.17) is 9.47 Å². The van der Waals surface area contributed by atoms with Gasteiger partial charge in [0.1, 0.15) is 5.60 Å². The van der Waals surface area contributed by atoms with Crippen LogP contribution in [-0.4, -0.2) is 30.7 Å². The molecule has 0 radical (unpaired) electrons. The van der Waals surface area contributed by atoms with E-state index < -0.39 is 5.60 Å². The number of ether oxygens (including phenoxy) is 2. The maximum atomic E-state index is 12.2. The Morgan fingerprint density at radius 3 is 2.61 bits per heavy atom. The standard InChI is InChI=1S/C13H18N2O3/c1-13(18-3,9-4-5-9)12(16)15-10-6-7-11(17-2)14-8-10/h6-9H,4-5H2,1-3H3,(H,15,16). The zero-order valence-electron chi connectivity index (χ0n) is 10.9. The third-order valence-electron chi connectivity index (χ3n) is 3.43. The van der Waals surface area contributed by atoms with Crippen molar-refractivity contribution in [3.05, 3.63) is 18.3 Å². The number of carbonyl (C=O) groups excluding carboxylic acids is 1. The van der Waals surface area contributed by atoms with Crippen molar-refractivity contribution in [2.75, 3.05) is 19.5 Å². The Bertz CT molecular complexity index is 428. The molecule has 98 valence electrons. The van der Waals surface area contributed by atoms with Gasteiger partial charge in [-0.25, -0.2) is 4.98 Å². The number of aromatic nitrogens is 1. The predicted octanol–water partition coefficient (Wildman–Crippen LogP) is 1.84. The van der Waals surface area contributed by atoms with Crippen molar-refractivity contribution in [3.8, 4) is 5.88 Å². The highest BCUT2D eigenvalue weighted by Crippen LogP contribution is 2.42. The van der Waals surface area contributed by atoms with Crippen molar-refractivity contribution in [1.29, 1.82) is 0 Å². The number of methoxy groups -OCH3 is 2. The maximum Gasteiger partial charge on any atom is 0.256 e. The first kappa shape index (κ1) is 12.8. The Kier molecular flexibility index (Phi) is 3.52. The predicted molar refractivity (Wildman–Crippen MR) is 67.6 cm³/mol. The molecule has 1 fully saturated rings. The maximum absolute atomic E-state index is 12.2.